The zero-order valence-electron chi connectivity index (χ0n) is 11.1. The van der Waals surface area contributed by atoms with Gasteiger partial charge >= 0.3 is 0 Å². The highest BCUT2D eigenvalue weighted by Crippen LogP contribution is 2.11. The molecule has 0 spiro atoms. The molecule has 5 heteroatoms. The van der Waals surface area contributed by atoms with Crippen molar-refractivity contribution in [1.29, 1.82) is 0 Å². The maximum Gasteiger partial charge on any atom is 0.214 e. The number of hydrogen-bond acceptors (Lipinski definition) is 3. The second kappa shape index (κ2) is 6.87. The smallest absolute Gasteiger partial charge is 0.214 e. The van der Waals surface area contributed by atoms with Crippen LogP contribution < -0.4 is 5.73 Å². The first-order valence-corrected chi connectivity index (χ1v) is 7.82. The number of unbranched alkanes of at least 4 members (excludes halogenated alkanes) is 1. The van der Waals surface area contributed by atoms with Crippen LogP contribution in [0.5, 0.6) is 0 Å². The van der Waals surface area contributed by atoms with E-state index in [1.54, 1.807) is 7.05 Å². The fourth-order valence-corrected chi connectivity index (χ4v) is 3.00. The summed E-state index contributed by atoms with van der Waals surface area (Å²) < 4.78 is 25.3. The summed E-state index contributed by atoms with van der Waals surface area (Å²) in [7, 11) is -1.51. The largest absolute Gasteiger partial charge is 0.326 e. The lowest BCUT2D eigenvalue weighted by Gasteiger charge is -2.17. The average molecular weight is 270 g/mol. The topological polar surface area (TPSA) is 63.4 Å². The summed E-state index contributed by atoms with van der Waals surface area (Å²) >= 11 is 0. The molecule has 1 rings (SSSR count). The molecule has 0 amide bonds. The van der Waals surface area contributed by atoms with Crippen molar-refractivity contribution in [3.63, 3.8) is 0 Å². The van der Waals surface area contributed by atoms with Crippen molar-refractivity contribution in [2.24, 2.45) is 5.73 Å². The van der Waals surface area contributed by atoms with Gasteiger partial charge in [-0.15, -0.1) is 0 Å². The van der Waals surface area contributed by atoms with E-state index in [-0.39, 0.29) is 5.75 Å². The number of nitrogens with two attached hydrogens (primary N) is 1. The molecule has 0 unspecified atom stereocenters. The summed E-state index contributed by atoms with van der Waals surface area (Å²) in [5.74, 6) is 0.219. The van der Waals surface area contributed by atoms with Crippen LogP contribution in [0, 0.1) is 0 Å². The lowest BCUT2D eigenvalue weighted by atomic mass is 10.1. The van der Waals surface area contributed by atoms with Gasteiger partial charge in [0.2, 0.25) is 10.0 Å². The molecule has 0 aliphatic rings. The van der Waals surface area contributed by atoms with E-state index in [1.165, 1.54) is 4.31 Å². The molecule has 0 bridgehead atoms. The zero-order chi connectivity index (χ0) is 13.6. The molecule has 102 valence electrons. The lowest BCUT2D eigenvalue weighted by molar-refractivity contribution is 0.465. The maximum atomic E-state index is 11.9. The van der Waals surface area contributed by atoms with Gasteiger partial charge in [0, 0.05) is 20.1 Å². The standard InChI is InChI=1S/C13H22N2O2S/c1-3-4-8-18(16,17)15(2)11-13-7-5-6-12(9-13)10-14/h5-7,9H,3-4,8,10-11,14H2,1-2H3. The van der Waals surface area contributed by atoms with Crippen molar-refractivity contribution in [2.75, 3.05) is 12.8 Å². The van der Waals surface area contributed by atoms with Crippen molar-refractivity contribution in [3.05, 3.63) is 35.4 Å². The Morgan fingerprint density at radius 2 is 1.94 bits per heavy atom. The number of benzene rings is 1. The first kappa shape index (κ1) is 15.1. The Hall–Kier alpha value is -0.910. The van der Waals surface area contributed by atoms with Gasteiger partial charge in [-0.2, -0.15) is 0 Å². The Labute approximate surface area is 110 Å². The van der Waals surface area contributed by atoms with Gasteiger partial charge in [0.1, 0.15) is 0 Å². The van der Waals surface area contributed by atoms with Gasteiger partial charge in [0.25, 0.3) is 0 Å². The molecule has 0 atom stereocenters. The predicted octanol–water partition coefficient (Wildman–Crippen LogP) is 1.71. The van der Waals surface area contributed by atoms with Gasteiger partial charge in [0.05, 0.1) is 5.75 Å². The van der Waals surface area contributed by atoms with Crippen LogP contribution in [-0.4, -0.2) is 25.5 Å². The van der Waals surface area contributed by atoms with Crippen LogP contribution >= 0.6 is 0 Å². The molecule has 0 aliphatic heterocycles. The van der Waals surface area contributed by atoms with E-state index >= 15 is 0 Å². The molecule has 0 aliphatic carbocycles. The normalized spacial score (nSPS) is 12.0. The Kier molecular flexibility index (Phi) is 5.78. The van der Waals surface area contributed by atoms with E-state index < -0.39 is 10.0 Å². The van der Waals surface area contributed by atoms with Crippen LogP contribution in [0.3, 0.4) is 0 Å². The monoisotopic (exact) mass is 270 g/mol. The van der Waals surface area contributed by atoms with Crippen LogP contribution in [0.25, 0.3) is 0 Å². The number of rotatable bonds is 7. The molecule has 0 heterocycles. The summed E-state index contributed by atoms with van der Waals surface area (Å²) in [6.45, 7) is 2.86. The molecular weight excluding hydrogens is 248 g/mol. The number of nitrogens with zero attached hydrogens (tertiary/aromatic N) is 1. The summed E-state index contributed by atoms with van der Waals surface area (Å²) in [4.78, 5) is 0. The minimum absolute atomic E-state index is 0.219. The van der Waals surface area contributed by atoms with Gasteiger partial charge in [0.15, 0.2) is 0 Å². The van der Waals surface area contributed by atoms with Crippen molar-refractivity contribution in [1.82, 2.24) is 4.31 Å². The van der Waals surface area contributed by atoms with Crippen molar-refractivity contribution >= 4 is 10.0 Å². The summed E-state index contributed by atoms with van der Waals surface area (Å²) in [5, 5.41) is 0. The minimum Gasteiger partial charge on any atom is -0.326 e. The molecule has 1 aromatic carbocycles. The minimum atomic E-state index is -3.14. The molecule has 0 saturated carbocycles. The van der Waals surface area contributed by atoms with Crippen molar-refractivity contribution in [3.8, 4) is 0 Å². The SMILES string of the molecule is CCCCS(=O)(=O)N(C)Cc1cccc(CN)c1. The van der Waals surface area contributed by atoms with E-state index in [9.17, 15) is 8.42 Å². The highest BCUT2D eigenvalue weighted by atomic mass is 32.2. The first-order chi connectivity index (χ1) is 8.49. The molecular formula is C13H22N2O2S. The molecule has 0 aromatic heterocycles. The molecule has 2 N–H and O–H groups in total. The Balaban J connectivity index is 2.71. The highest BCUT2D eigenvalue weighted by molar-refractivity contribution is 7.89. The fraction of sp³-hybridized carbons (Fsp3) is 0.538. The molecule has 18 heavy (non-hydrogen) atoms. The van der Waals surface area contributed by atoms with Crippen LogP contribution in [0.1, 0.15) is 30.9 Å². The highest BCUT2D eigenvalue weighted by Gasteiger charge is 2.17. The summed E-state index contributed by atoms with van der Waals surface area (Å²) in [6, 6.07) is 7.72. The van der Waals surface area contributed by atoms with E-state index in [4.69, 9.17) is 5.73 Å². The lowest BCUT2D eigenvalue weighted by Crippen LogP contribution is -2.28. The second-order valence-corrected chi connectivity index (χ2v) is 6.65. The van der Waals surface area contributed by atoms with Crippen LogP contribution in [0.2, 0.25) is 0 Å². The first-order valence-electron chi connectivity index (χ1n) is 6.21. The van der Waals surface area contributed by atoms with E-state index in [0.29, 0.717) is 19.5 Å². The Bertz CT molecular complexity index is 472. The van der Waals surface area contributed by atoms with Crippen LogP contribution in [0.15, 0.2) is 24.3 Å². The van der Waals surface area contributed by atoms with Crippen LogP contribution in [0.4, 0.5) is 0 Å². The van der Waals surface area contributed by atoms with E-state index in [1.807, 2.05) is 31.2 Å². The quantitative estimate of drug-likeness (QED) is 0.820. The van der Waals surface area contributed by atoms with Gasteiger partial charge in [-0.25, -0.2) is 12.7 Å². The van der Waals surface area contributed by atoms with E-state index in [2.05, 4.69) is 0 Å². The Morgan fingerprint density at radius 3 is 2.56 bits per heavy atom. The Morgan fingerprint density at radius 1 is 1.28 bits per heavy atom. The molecule has 1 aromatic rings. The zero-order valence-corrected chi connectivity index (χ0v) is 11.9. The summed E-state index contributed by atoms with van der Waals surface area (Å²) in [5.41, 5.74) is 7.56. The number of hydrogen-bond donors (Lipinski definition) is 1. The molecule has 0 fully saturated rings. The van der Waals surface area contributed by atoms with Gasteiger partial charge < -0.3 is 5.73 Å². The third-order valence-corrected chi connectivity index (χ3v) is 4.75. The third-order valence-electron chi connectivity index (χ3n) is 2.86. The molecule has 0 saturated heterocycles. The van der Waals surface area contributed by atoms with Crippen LogP contribution in [-0.2, 0) is 23.1 Å². The van der Waals surface area contributed by atoms with Crippen molar-refractivity contribution in [2.45, 2.75) is 32.9 Å². The third kappa shape index (κ3) is 4.40. The second-order valence-electron chi connectivity index (χ2n) is 4.45. The molecule has 4 nitrogen and oxygen atoms in total. The predicted molar refractivity (Wildman–Crippen MR) is 74.5 cm³/mol. The summed E-state index contributed by atoms with van der Waals surface area (Å²) in [6.07, 6.45) is 1.59. The van der Waals surface area contributed by atoms with Gasteiger partial charge in [-0.1, -0.05) is 37.6 Å². The maximum absolute atomic E-state index is 11.9. The fourth-order valence-electron chi connectivity index (χ4n) is 1.69. The molecule has 0 radical (unpaired) electrons. The van der Waals surface area contributed by atoms with Gasteiger partial charge in [-0.3, -0.25) is 0 Å². The number of sulfonamides is 1. The van der Waals surface area contributed by atoms with Gasteiger partial charge in [-0.05, 0) is 17.5 Å². The van der Waals surface area contributed by atoms with Crippen molar-refractivity contribution < 1.29 is 8.42 Å². The average Bonchev–Trinajstić information content (AvgIpc) is 2.36. The van der Waals surface area contributed by atoms with E-state index in [0.717, 1.165) is 17.5 Å².